The molecule has 2 aromatic heterocycles. The number of hydrogen-bond acceptors (Lipinski definition) is 5. The molecule has 3 rings (SSSR count). The lowest BCUT2D eigenvalue weighted by molar-refractivity contribution is 0.249. The molecule has 0 aromatic carbocycles. The molecule has 0 aliphatic heterocycles. The van der Waals surface area contributed by atoms with E-state index in [2.05, 4.69) is 25.8 Å². The van der Waals surface area contributed by atoms with E-state index in [0.29, 0.717) is 11.7 Å². The van der Waals surface area contributed by atoms with Crippen molar-refractivity contribution in [2.45, 2.75) is 31.7 Å². The van der Waals surface area contributed by atoms with Gasteiger partial charge in [-0.15, -0.1) is 16.4 Å². The lowest BCUT2D eigenvalue weighted by Crippen LogP contribution is -2.31. The molecule has 1 aliphatic carbocycles. The third-order valence-corrected chi connectivity index (χ3v) is 4.05. The van der Waals surface area contributed by atoms with Gasteiger partial charge in [0.25, 0.3) is 0 Å². The second kappa shape index (κ2) is 5.54. The molecule has 20 heavy (non-hydrogen) atoms. The molecule has 2 N–H and O–H groups in total. The Kier molecular flexibility index (Phi) is 3.60. The molecule has 2 amide bonds. The molecule has 1 atom stereocenters. The lowest BCUT2D eigenvalue weighted by atomic mass is 10.3. The van der Waals surface area contributed by atoms with Crippen LogP contribution < -0.4 is 10.6 Å². The average Bonchev–Trinajstić information content (AvgIpc) is 3.14. The highest BCUT2D eigenvalue weighted by Gasteiger charge is 2.25. The van der Waals surface area contributed by atoms with Crippen LogP contribution in [0.2, 0.25) is 0 Å². The van der Waals surface area contributed by atoms with Crippen molar-refractivity contribution in [2.24, 2.45) is 0 Å². The molecule has 0 saturated heterocycles. The summed E-state index contributed by atoms with van der Waals surface area (Å²) in [5, 5.41) is 16.4. The van der Waals surface area contributed by atoms with E-state index in [4.69, 9.17) is 0 Å². The second-order valence-corrected chi connectivity index (χ2v) is 5.73. The van der Waals surface area contributed by atoms with Crippen LogP contribution in [-0.2, 0) is 0 Å². The largest absolute Gasteiger partial charge is 0.329 e. The number of anilines is 1. The van der Waals surface area contributed by atoms with Crippen molar-refractivity contribution < 1.29 is 4.79 Å². The fourth-order valence-electron chi connectivity index (χ4n) is 1.87. The number of urea groups is 1. The summed E-state index contributed by atoms with van der Waals surface area (Å²) in [4.78, 5) is 16.0. The summed E-state index contributed by atoms with van der Waals surface area (Å²) in [7, 11) is 0. The molecule has 7 heteroatoms. The van der Waals surface area contributed by atoms with E-state index in [0.717, 1.165) is 10.7 Å². The molecule has 104 valence electrons. The molecule has 2 aromatic rings. The number of aromatic nitrogens is 3. The van der Waals surface area contributed by atoms with Crippen LogP contribution in [0.1, 0.15) is 42.4 Å². The first-order chi connectivity index (χ1) is 9.72. The number of carbonyl (C=O) groups excluding carboxylic acids is 1. The zero-order valence-corrected chi connectivity index (χ0v) is 11.9. The van der Waals surface area contributed by atoms with Gasteiger partial charge in [-0.2, -0.15) is 5.10 Å². The number of carbonyl (C=O) groups is 1. The monoisotopic (exact) mass is 289 g/mol. The minimum absolute atomic E-state index is 0.131. The molecule has 1 aliphatic rings. The van der Waals surface area contributed by atoms with Crippen LogP contribution in [0.3, 0.4) is 0 Å². The van der Waals surface area contributed by atoms with Gasteiger partial charge in [-0.25, -0.2) is 9.78 Å². The van der Waals surface area contributed by atoms with Gasteiger partial charge in [-0.05, 0) is 31.9 Å². The summed E-state index contributed by atoms with van der Waals surface area (Å²) in [5.74, 6) is 1.02. The first-order valence-electron chi connectivity index (χ1n) is 6.53. The van der Waals surface area contributed by atoms with Crippen LogP contribution in [0.15, 0.2) is 23.7 Å². The van der Waals surface area contributed by atoms with Crippen LogP contribution in [0.5, 0.6) is 0 Å². The summed E-state index contributed by atoms with van der Waals surface area (Å²) in [6.45, 7) is 1.89. The van der Waals surface area contributed by atoms with Crippen molar-refractivity contribution in [3.05, 3.63) is 34.4 Å². The predicted molar refractivity (Wildman–Crippen MR) is 76.7 cm³/mol. The Morgan fingerprint density at radius 3 is 2.85 bits per heavy atom. The SMILES string of the molecule is C[C@H](NC(=O)Nc1ccc(C2CC2)nn1)c1nccs1. The van der Waals surface area contributed by atoms with Crippen molar-refractivity contribution in [1.82, 2.24) is 20.5 Å². The van der Waals surface area contributed by atoms with Gasteiger partial charge in [0.05, 0.1) is 11.7 Å². The zero-order chi connectivity index (χ0) is 13.9. The molecule has 0 bridgehead atoms. The van der Waals surface area contributed by atoms with Gasteiger partial charge in [-0.3, -0.25) is 5.32 Å². The lowest BCUT2D eigenvalue weighted by Gasteiger charge is -2.11. The van der Waals surface area contributed by atoms with Crippen molar-refractivity contribution in [2.75, 3.05) is 5.32 Å². The highest BCUT2D eigenvalue weighted by molar-refractivity contribution is 7.09. The maximum absolute atomic E-state index is 11.8. The van der Waals surface area contributed by atoms with Crippen molar-refractivity contribution in [3.8, 4) is 0 Å². The van der Waals surface area contributed by atoms with Gasteiger partial charge in [0.15, 0.2) is 5.82 Å². The first kappa shape index (κ1) is 13.0. The minimum Gasteiger partial charge on any atom is -0.329 e. The van der Waals surface area contributed by atoms with Crippen LogP contribution in [0, 0.1) is 0 Å². The molecule has 0 spiro atoms. The first-order valence-corrected chi connectivity index (χ1v) is 7.41. The average molecular weight is 289 g/mol. The van der Waals surface area contributed by atoms with Crippen LogP contribution in [-0.4, -0.2) is 21.2 Å². The van der Waals surface area contributed by atoms with Crippen LogP contribution in [0.25, 0.3) is 0 Å². The number of thiazole rings is 1. The van der Waals surface area contributed by atoms with Gasteiger partial charge >= 0.3 is 6.03 Å². The Morgan fingerprint density at radius 1 is 1.40 bits per heavy atom. The van der Waals surface area contributed by atoms with Crippen molar-refractivity contribution in [3.63, 3.8) is 0 Å². The highest BCUT2D eigenvalue weighted by atomic mass is 32.1. The number of hydrogen-bond donors (Lipinski definition) is 2. The summed E-state index contributed by atoms with van der Waals surface area (Å²) in [5.41, 5.74) is 1.01. The van der Waals surface area contributed by atoms with Crippen LogP contribution >= 0.6 is 11.3 Å². The smallest absolute Gasteiger partial charge is 0.321 e. The van der Waals surface area contributed by atoms with Crippen molar-refractivity contribution in [1.29, 1.82) is 0 Å². The standard InChI is InChI=1S/C13H15N5OS/c1-8(12-14-6-7-20-12)15-13(19)16-11-5-4-10(17-18-11)9-2-3-9/h4-9H,2-3H2,1H3,(H2,15,16,18,19)/t8-/m0/s1. The third-order valence-electron chi connectivity index (χ3n) is 3.09. The second-order valence-electron chi connectivity index (χ2n) is 4.81. The van der Waals surface area contributed by atoms with E-state index < -0.39 is 0 Å². The summed E-state index contributed by atoms with van der Waals surface area (Å²) >= 11 is 1.51. The van der Waals surface area contributed by atoms with Gasteiger partial charge in [0.2, 0.25) is 0 Å². The van der Waals surface area contributed by atoms with E-state index in [9.17, 15) is 4.79 Å². The predicted octanol–water partition coefficient (Wildman–Crippen LogP) is 2.69. The Morgan fingerprint density at radius 2 is 2.25 bits per heavy atom. The third kappa shape index (κ3) is 3.11. The van der Waals surface area contributed by atoms with E-state index in [1.165, 1.54) is 24.2 Å². The molecule has 1 fully saturated rings. The fraction of sp³-hybridized carbons (Fsp3) is 0.385. The molecule has 0 unspecified atom stereocenters. The molecule has 6 nitrogen and oxygen atoms in total. The van der Waals surface area contributed by atoms with E-state index in [1.807, 2.05) is 18.4 Å². The van der Waals surface area contributed by atoms with Crippen molar-refractivity contribution >= 4 is 23.2 Å². The maximum Gasteiger partial charge on any atom is 0.321 e. The van der Waals surface area contributed by atoms with Gasteiger partial charge < -0.3 is 5.32 Å². The number of nitrogens with zero attached hydrogens (tertiary/aromatic N) is 3. The Balaban J connectivity index is 1.55. The Bertz CT molecular complexity index is 579. The van der Waals surface area contributed by atoms with E-state index in [1.54, 1.807) is 12.3 Å². The number of rotatable bonds is 4. The Labute approximate surface area is 120 Å². The van der Waals surface area contributed by atoms with Gasteiger partial charge in [0.1, 0.15) is 5.01 Å². The van der Waals surface area contributed by atoms with E-state index >= 15 is 0 Å². The maximum atomic E-state index is 11.8. The normalized spacial score (nSPS) is 15.7. The molecule has 0 radical (unpaired) electrons. The number of nitrogens with one attached hydrogen (secondary N) is 2. The van der Waals surface area contributed by atoms with E-state index in [-0.39, 0.29) is 12.1 Å². The Hall–Kier alpha value is -2.02. The minimum atomic E-state index is -0.304. The molecular formula is C13H15N5OS. The summed E-state index contributed by atoms with van der Waals surface area (Å²) in [6, 6.07) is 3.27. The fourth-order valence-corrected chi connectivity index (χ4v) is 2.51. The summed E-state index contributed by atoms with van der Waals surface area (Å²) in [6.07, 6.45) is 4.10. The summed E-state index contributed by atoms with van der Waals surface area (Å²) < 4.78 is 0. The number of amides is 2. The molecule has 2 heterocycles. The quantitative estimate of drug-likeness (QED) is 0.907. The highest BCUT2D eigenvalue weighted by Crippen LogP contribution is 2.38. The topological polar surface area (TPSA) is 79.8 Å². The zero-order valence-electron chi connectivity index (χ0n) is 11.0. The van der Waals surface area contributed by atoms with Gasteiger partial charge in [-0.1, -0.05) is 0 Å². The van der Waals surface area contributed by atoms with Crippen LogP contribution in [0.4, 0.5) is 10.6 Å². The molecular weight excluding hydrogens is 274 g/mol. The van der Waals surface area contributed by atoms with Gasteiger partial charge in [0, 0.05) is 17.5 Å². The molecule has 1 saturated carbocycles.